The number of hydrazone groups is 1. The number of aliphatic imine (C=N–C) groups is 1. The lowest BCUT2D eigenvalue weighted by molar-refractivity contribution is -0.119. The second-order valence-corrected chi connectivity index (χ2v) is 8.47. The Labute approximate surface area is 195 Å². The molecule has 0 aromatic heterocycles. The van der Waals surface area contributed by atoms with E-state index >= 15 is 0 Å². The third-order valence-electron chi connectivity index (χ3n) is 6.25. The summed E-state index contributed by atoms with van der Waals surface area (Å²) in [6.45, 7) is 4.47. The van der Waals surface area contributed by atoms with Crippen molar-refractivity contribution in [3.05, 3.63) is 70.8 Å². The molecule has 2 aromatic rings. The van der Waals surface area contributed by atoms with Crippen molar-refractivity contribution in [2.24, 2.45) is 15.9 Å². The number of benzene rings is 2. The van der Waals surface area contributed by atoms with Crippen molar-refractivity contribution >= 4 is 28.6 Å². The molecule has 172 valence electrons. The summed E-state index contributed by atoms with van der Waals surface area (Å²) >= 11 is 0. The molecule has 4 rings (SSSR count). The lowest BCUT2D eigenvalue weighted by Gasteiger charge is -2.23. The molecule has 0 bridgehead atoms. The molecule has 0 saturated carbocycles. The highest BCUT2D eigenvalue weighted by Crippen LogP contribution is 2.32. The van der Waals surface area contributed by atoms with E-state index in [4.69, 9.17) is 10.8 Å². The molecule has 2 aromatic carbocycles. The molecular weight excluding hydrogens is 412 g/mol. The van der Waals surface area contributed by atoms with Crippen LogP contribution in [0.25, 0.3) is 5.57 Å². The molecule has 2 aliphatic heterocycles. The molecule has 0 fully saturated rings. The number of carbonyl (C=O) groups is 1. The third-order valence-corrected chi connectivity index (χ3v) is 6.25. The SMILES string of the molecule is CNC(=O)Cc1cccc(NC2CCN=C(C(C)=NN)c3ccc(C4=CCNCC4)cc32)c1. The van der Waals surface area contributed by atoms with Gasteiger partial charge in [0.1, 0.15) is 0 Å². The van der Waals surface area contributed by atoms with Crippen molar-refractivity contribution < 1.29 is 4.79 Å². The minimum atomic E-state index is 0.00133. The Morgan fingerprint density at radius 2 is 2.15 bits per heavy atom. The molecule has 1 unspecified atom stereocenters. The lowest BCUT2D eigenvalue weighted by Crippen LogP contribution is -2.21. The summed E-state index contributed by atoms with van der Waals surface area (Å²) in [7, 11) is 1.66. The Balaban J connectivity index is 1.70. The van der Waals surface area contributed by atoms with E-state index in [0.29, 0.717) is 13.0 Å². The summed E-state index contributed by atoms with van der Waals surface area (Å²) in [5.74, 6) is 5.63. The van der Waals surface area contributed by atoms with E-state index in [0.717, 1.165) is 54.2 Å². The van der Waals surface area contributed by atoms with E-state index in [9.17, 15) is 4.79 Å². The van der Waals surface area contributed by atoms with Crippen molar-refractivity contribution in [1.82, 2.24) is 10.6 Å². The van der Waals surface area contributed by atoms with Crippen LogP contribution in [-0.4, -0.2) is 44.0 Å². The number of anilines is 1. The smallest absolute Gasteiger partial charge is 0.224 e. The molecule has 7 heteroatoms. The van der Waals surface area contributed by atoms with E-state index in [2.05, 4.69) is 45.3 Å². The van der Waals surface area contributed by atoms with Gasteiger partial charge < -0.3 is 21.8 Å². The van der Waals surface area contributed by atoms with Crippen molar-refractivity contribution in [3.63, 3.8) is 0 Å². The van der Waals surface area contributed by atoms with Crippen LogP contribution in [0.2, 0.25) is 0 Å². The second kappa shape index (κ2) is 10.4. The van der Waals surface area contributed by atoms with Gasteiger partial charge in [-0.15, -0.1) is 0 Å². The lowest BCUT2D eigenvalue weighted by atomic mass is 9.89. The van der Waals surface area contributed by atoms with Crippen LogP contribution in [0, 0.1) is 0 Å². The molecule has 2 aliphatic rings. The molecule has 1 amide bonds. The van der Waals surface area contributed by atoms with Crippen LogP contribution in [0.5, 0.6) is 0 Å². The first kappa shape index (κ1) is 22.7. The van der Waals surface area contributed by atoms with Gasteiger partial charge in [-0.2, -0.15) is 5.10 Å². The van der Waals surface area contributed by atoms with Crippen LogP contribution < -0.4 is 21.8 Å². The molecule has 0 aliphatic carbocycles. The number of amides is 1. The minimum absolute atomic E-state index is 0.00133. The Bertz CT molecular complexity index is 1120. The highest BCUT2D eigenvalue weighted by Gasteiger charge is 2.24. The molecular formula is C26H32N6O. The van der Waals surface area contributed by atoms with Gasteiger partial charge in [0.2, 0.25) is 5.91 Å². The standard InChI is InChI=1S/C26H32N6O/c1-17(32-27)26-22-7-6-20(19-8-11-29-12-9-19)16-23(22)24(10-13-30-26)31-21-5-3-4-18(14-21)15-25(33)28-2/h3-8,14,16,24,29,31H,9-13,15,27H2,1-2H3,(H,28,33). The molecule has 33 heavy (non-hydrogen) atoms. The first-order chi connectivity index (χ1) is 16.1. The average Bonchev–Trinajstić information content (AvgIpc) is 3.03. The van der Waals surface area contributed by atoms with E-state index < -0.39 is 0 Å². The summed E-state index contributed by atoms with van der Waals surface area (Å²) in [6, 6.07) is 14.8. The van der Waals surface area contributed by atoms with E-state index in [1.165, 1.54) is 16.7 Å². The van der Waals surface area contributed by atoms with Gasteiger partial charge in [0.25, 0.3) is 0 Å². The van der Waals surface area contributed by atoms with Crippen LogP contribution >= 0.6 is 0 Å². The number of fused-ring (bicyclic) bond motifs is 1. The first-order valence-corrected chi connectivity index (χ1v) is 11.5. The quantitative estimate of drug-likeness (QED) is 0.312. The van der Waals surface area contributed by atoms with Gasteiger partial charge in [-0.05, 0) is 66.8 Å². The average molecular weight is 445 g/mol. The maximum absolute atomic E-state index is 11.8. The van der Waals surface area contributed by atoms with Crippen molar-refractivity contribution in [1.29, 1.82) is 0 Å². The fraction of sp³-hybridized carbons (Fsp3) is 0.346. The maximum Gasteiger partial charge on any atom is 0.224 e. The third kappa shape index (κ3) is 5.31. The van der Waals surface area contributed by atoms with E-state index in [1.54, 1.807) is 7.05 Å². The normalized spacial score (nSPS) is 18.5. The Kier molecular flexibility index (Phi) is 7.19. The van der Waals surface area contributed by atoms with E-state index in [1.807, 2.05) is 31.2 Å². The van der Waals surface area contributed by atoms with E-state index in [-0.39, 0.29) is 11.9 Å². The number of nitrogens with one attached hydrogen (secondary N) is 3. The zero-order valence-electron chi connectivity index (χ0n) is 19.3. The highest BCUT2D eigenvalue weighted by atomic mass is 16.1. The predicted octanol–water partition coefficient (Wildman–Crippen LogP) is 3.03. The van der Waals surface area contributed by atoms with Crippen LogP contribution in [0.3, 0.4) is 0 Å². The molecule has 0 saturated heterocycles. The zero-order valence-corrected chi connectivity index (χ0v) is 19.3. The maximum atomic E-state index is 11.8. The molecule has 1 atom stereocenters. The number of nitrogens with zero attached hydrogens (tertiary/aromatic N) is 2. The summed E-state index contributed by atoms with van der Waals surface area (Å²) in [6.07, 6.45) is 4.49. The number of carbonyl (C=O) groups excluding carboxylic acids is 1. The predicted molar refractivity (Wildman–Crippen MR) is 136 cm³/mol. The number of hydrogen-bond donors (Lipinski definition) is 4. The number of likely N-dealkylation sites (N-methyl/N-ethyl adjacent to an activating group) is 1. The van der Waals surface area contributed by atoms with Gasteiger partial charge >= 0.3 is 0 Å². The Morgan fingerprint density at radius 3 is 2.91 bits per heavy atom. The number of hydrogen-bond acceptors (Lipinski definition) is 6. The van der Waals surface area contributed by atoms with Gasteiger partial charge in [0.15, 0.2) is 0 Å². The zero-order chi connectivity index (χ0) is 23.2. The fourth-order valence-electron chi connectivity index (χ4n) is 4.46. The van der Waals surface area contributed by atoms with Crippen LogP contribution in [0.15, 0.2) is 58.6 Å². The second-order valence-electron chi connectivity index (χ2n) is 8.47. The van der Waals surface area contributed by atoms with Crippen molar-refractivity contribution in [2.75, 3.05) is 32.0 Å². The monoisotopic (exact) mass is 444 g/mol. The summed E-state index contributed by atoms with van der Waals surface area (Å²) in [4.78, 5) is 16.7. The molecule has 5 N–H and O–H groups in total. The van der Waals surface area contributed by atoms with Crippen molar-refractivity contribution in [3.8, 4) is 0 Å². The molecule has 2 heterocycles. The molecule has 0 radical (unpaired) electrons. The highest BCUT2D eigenvalue weighted by molar-refractivity contribution is 6.48. The van der Waals surface area contributed by atoms with Gasteiger partial charge in [0, 0.05) is 31.4 Å². The first-order valence-electron chi connectivity index (χ1n) is 11.5. The topological polar surface area (TPSA) is 104 Å². The van der Waals surface area contributed by atoms with Crippen molar-refractivity contribution in [2.45, 2.75) is 32.2 Å². The fourth-order valence-corrected chi connectivity index (χ4v) is 4.46. The Hall–Kier alpha value is -3.45. The van der Waals surface area contributed by atoms with Gasteiger partial charge in [-0.25, -0.2) is 0 Å². The van der Waals surface area contributed by atoms with Gasteiger partial charge in [0.05, 0.1) is 23.9 Å². The number of nitrogens with two attached hydrogens (primary N) is 1. The Morgan fingerprint density at radius 1 is 1.27 bits per heavy atom. The molecule has 7 nitrogen and oxygen atoms in total. The van der Waals surface area contributed by atoms with Crippen LogP contribution in [0.1, 0.15) is 48.1 Å². The van der Waals surface area contributed by atoms with Gasteiger partial charge in [-0.1, -0.05) is 30.3 Å². The van der Waals surface area contributed by atoms with Crippen LogP contribution in [0.4, 0.5) is 5.69 Å². The van der Waals surface area contributed by atoms with Crippen LogP contribution in [-0.2, 0) is 11.2 Å². The molecule has 0 spiro atoms. The minimum Gasteiger partial charge on any atom is -0.378 e. The number of rotatable bonds is 6. The summed E-state index contributed by atoms with van der Waals surface area (Å²) in [5, 5.41) is 13.7. The largest absolute Gasteiger partial charge is 0.378 e. The van der Waals surface area contributed by atoms with Gasteiger partial charge in [-0.3, -0.25) is 9.79 Å². The summed E-state index contributed by atoms with van der Waals surface area (Å²) < 4.78 is 0. The summed E-state index contributed by atoms with van der Waals surface area (Å²) in [5.41, 5.74) is 8.44.